The number of hydrogen-bond donors (Lipinski definition) is 2. The van der Waals surface area contributed by atoms with Crippen molar-refractivity contribution in [2.75, 3.05) is 5.32 Å². The van der Waals surface area contributed by atoms with Crippen LogP contribution >= 0.6 is 0 Å². The molecule has 0 unspecified atom stereocenters. The number of hydrogen-bond acceptors (Lipinski definition) is 3. The first-order chi connectivity index (χ1) is 9.70. The highest BCUT2D eigenvalue weighted by atomic mass is 16.3. The molecule has 0 atom stereocenters. The molecule has 0 amide bonds. The van der Waals surface area contributed by atoms with Gasteiger partial charge in [0.1, 0.15) is 5.75 Å². The molecule has 3 aromatic rings. The van der Waals surface area contributed by atoms with E-state index in [0.717, 1.165) is 28.8 Å². The number of benzene rings is 2. The monoisotopic (exact) mass is 264 g/mol. The zero-order valence-electron chi connectivity index (χ0n) is 11.3. The van der Waals surface area contributed by atoms with Crippen LogP contribution in [0.3, 0.4) is 0 Å². The van der Waals surface area contributed by atoms with E-state index in [9.17, 15) is 5.11 Å². The summed E-state index contributed by atoms with van der Waals surface area (Å²) in [6.45, 7) is 2.74. The Bertz CT molecular complexity index is 736. The van der Waals surface area contributed by atoms with Crippen LogP contribution in [0.4, 0.5) is 5.69 Å². The van der Waals surface area contributed by atoms with E-state index >= 15 is 0 Å². The van der Waals surface area contributed by atoms with Crippen LogP contribution < -0.4 is 5.32 Å². The highest BCUT2D eigenvalue weighted by molar-refractivity contribution is 5.79. The van der Waals surface area contributed by atoms with Crippen LogP contribution in [0, 0.1) is 6.92 Å². The molecule has 1 aromatic heterocycles. The number of pyridine rings is 1. The third-order valence-corrected chi connectivity index (χ3v) is 3.26. The summed E-state index contributed by atoms with van der Waals surface area (Å²) >= 11 is 0. The normalized spacial score (nSPS) is 10.7. The fraction of sp³-hybridized carbons (Fsp3) is 0.118. The minimum Gasteiger partial charge on any atom is -0.508 e. The largest absolute Gasteiger partial charge is 0.508 e. The summed E-state index contributed by atoms with van der Waals surface area (Å²) in [5, 5.41) is 13.7. The van der Waals surface area contributed by atoms with Gasteiger partial charge in [-0.15, -0.1) is 0 Å². The summed E-state index contributed by atoms with van der Waals surface area (Å²) in [5.74, 6) is 0.280. The maximum Gasteiger partial charge on any atom is 0.115 e. The number of aromatic nitrogens is 1. The Morgan fingerprint density at radius 1 is 1.00 bits per heavy atom. The molecule has 20 heavy (non-hydrogen) atoms. The fourth-order valence-electron chi connectivity index (χ4n) is 2.17. The van der Waals surface area contributed by atoms with Crippen LogP contribution in [0.15, 0.2) is 54.6 Å². The fourth-order valence-corrected chi connectivity index (χ4v) is 2.17. The van der Waals surface area contributed by atoms with Crippen LogP contribution in [0.1, 0.15) is 11.3 Å². The number of nitrogens with one attached hydrogen (secondary N) is 1. The van der Waals surface area contributed by atoms with Crippen molar-refractivity contribution in [3.63, 3.8) is 0 Å². The molecule has 0 fully saturated rings. The van der Waals surface area contributed by atoms with Gasteiger partial charge in [-0.1, -0.05) is 12.1 Å². The molecule has 0 aliphatic carbocycles. The molecule has 0 saturated carbocycles. The molecule has 2 N–H and O–H groups in total. The minimum atomic E-state index is 0.280. The molecular weight excluding hydrogens is 248 g/mol. The Kier molecular flexibility index (Phi) is 3.25. The van der Waals surface area contributed by atoms with Gasteiger partial charge in [0, 0.05) is 23.3 Å². The van der Waals surface area contributed by atoms with Crippen LogP contribution in [-0.4, -0.2) is 10.1 Å². The van der Waals surface area contributed by atoms with E-state index in [1.807, 2.05) is 25.1 Å². The second-order valence-corrected chi connectivity index (χ2v) is 4.88. The molecule has 3 rings (SSSR count). The van der Waals surface area contributed by atoms with Gasteiger partial charge in [-0.3, -0.25) is 4.98 Å². The summed E-state index contributed by atoms with van der Waals surface area (Å²) in [7, 11) is 0. The number of aryl methyl sites for hydroxylation is 1. The average molecular weight is 264 g/mol. The molecule has 0 aliphatic rings. The summed E-state index contributed by atoms with van der Waals surface area (Å²) in [6.07, 6.45) is 0. The number of nitrogens with zero attached hydrogens (tertiary/aromatic N) is 1. The number of phenols is 1. The second kappa shape index (κ2) is 5.21. The Morgan fingerprint density at radius 3 is 2.60 bits per heavy atom. The lowest BCUT2D eigenvalue weighted by atomic mass is 10.1. The summed E-state index contributed by atoms with van der Waals surface area (Å²) in [6, 6.07) is 17.5. The number of rotatable bonds is 3. The summed E-state index contributed by atoms with van der Waals surface area (Å²) < 4.78 is 0. The summed E-state index contributed by atoms with van der Waals surface area (Å²) in [4.78, 5) is 4.50. The highest BCUT2D eigenvalue weighted by Gasteiger charge is 1.99. The molecule has 1 heterocycles. The maximum atomic E-state index is 9.25. The number of aromatic hydroxyl groups is 1. The predicted molar refractivity (Wildman–Crippen MR) is 81.9 cm³/mol. The minimum absolute atomic E-state index is 0.280. The lowest BCUT2D eigenvalue weighted by Crippen LogP contribution is -1.99. The highest BCUT2D eigenvalue weighted by Crippen LogP contribution is 2.17. The zero-order valence-corrected chi connectivity index (χ0v) is 11.3. The van der Waals surface area contributed by atoms with Gasteiger partial charge in [0.25, 0.3) is 0 Å². The van der Waals surface area contributed by atoms with Crippen LogP contribution in [0.2, 0.25) is 0 Å². The first-order valence-corrected chi connectivity index (χ1v) is 6.60. The van der Waals surface area contributed by atoms with Crippen LogP contribution in [0.25, 0.3) is 10.9 Å². The van der Waals surface area contributed by atoms with Gasteiger partial charge < -0.3 is 10.4 Å². The van der Waals surface area contributed by atoms with E-state index < -0.39 is 0 Å². The van der Waals surface area contributed by atoms with E-state index in [1.165, 1.54) is 5.56 Å². The van der Waals surface area contributed by atoms with E-state index in [0.29, 0.717) is 0 Å². The number of anilines is 1. The Morgan fingerprint density at radius 2 is 1.80 bits per heavy atom. The third-order valence-electron chi connectivity index (χ3n) is 3.26. The number of fused-ring (bicyclic) bond motifs is 1. The standard InChI is InChI=1S/C17H16N2O/c1-12-2-4-14-10-13(3-9-17(14)19-12)11-18-15-5-7-16(20)8-6-15/h2-10,18,20H,11H2,1H3. The lowest BCUT2D eigenvalue weighted by Gasteiger charge is -2.08. The van der Waals surface area contributed by atoms with Crippen molar-refractivity contribution in [3.8, 4) is 5.75 Å². The third kappa shape index (κ3) is 2.72. The number of phenolic OH excluding ortho intramolecular Hbond substituents is 1. The molecule has 0 radical (unpaired) electrons. The van der Waals surface area contributed by atoms with Crippen molar-refractivity contribution >= 4 is 16.6 Å². The van der Waals surface area contributed by atoms with Gasteiger partial charge in [0.05, 0.1) is 5.52 Å². The van der Waals surface area contributed by atoms with Gasteiger partial charge in [0.2, 0.25) is 0 Å². The maximum absolute atomic E-state index is 9.25. The van der Waals surface area contributed by atoms with Crippen LogP contribution in [0.5, 0.6) is 5.75 Å². The molecule has 0 spiro atoms. The molecular formula is C17H16N2O. The average Bonchev–Trinajstić information content (AvgIpc) is 2.46. The first-order valence-electron chi connectivity index (χ1n) is 6.60. The SMILES string of the molecule is Cc1ccc2cc(CNc3ccc(O)cc3)ccc2n1. The Balaban J connectivity index is 1.77. The Hall–Kier alpha value is -2.55. The predicted octanol–water partition coefficient (Wildman–Crippen LogP) is 3.86. The molecule has 0 bridgehead atoms. The van der Waals surface area contributed by atoms with Crippen molar-refractivity contribution in [3.05, 3.63) is 65.9 Å². The molecule has 2 aromatic carbocycles. The molecule has 3 heteroatoms. The van der Waals surface area contributed by atoms with Gasteiger partial charge in [-0.25, -0.2) is 0 Å². The molecule has 0 saturated heterocycles. The van der Waals surface area contributed by atoms with E-state index in [-0.39, 0.29) is 5.75 Å². The second-order valence-electron chi connectivity index (χ2n) is 4.88. The Labute approximate surface area is 117 Å². The quantitative estimate of drug-likeness (QED) is 0.706. The van der Waals surface area contributed by atoms with Crippen molar-refractivity contribution < 1.29 is 5.11 Å². The molecule has 100 valence electrons. The van der Waals surface area contributed by atoms with Crippen molar-refractivity contribution in [2.24, 2.45) is 0 Å². The van der Waals surface area contributed by atoms with E-state index in [4.69, 9.17) is 0 Å². The zero-order chi connectivity index (χ0) is 13.9. The van der Waals surface area contributed by atoms with Crippen molar-refractivity contribution in [1.29, 1.82) is 0 Å². The first kappa shape index (κ1) is 12.5. The van der Waals surface area contributed by atoms with E-state index in [2.05, 4.69) is 34.6 Å². The van der Waals surface area contributed by atoms with Gasteiger partial charge in [0.15, 0.2) is 0 Å². The lowest BCUT2D eigenvalue weighted by molar-refractivity contribution is 0.475. The molecule has 3 nitrogen and oxygen atoms in total. The van der Waals surface area contributed by atoms with Gasteiger partial charge in [-0.2, -0.15) is 0 Å². The topological polar surface area (TPSA) is 45.1 Å². The van der Waals surface area contributed by atoms with Gasteiger partial charge >= 0.3 is 0 Å². The van der Waals surface area contributed by atoms with Crippen molar-refractivity contribution in [1.82, 2.24) is 4.98 Å². The smallest absolute Gasteiger partial charge is 0.115 e. The summed E-state index contributed by atoms with van der Waals surface area (Å²) in [5.41, 5.74) is 4.26. The molecule has 0 aliphatic heterocycles. The van der Waals surface area contributed by atoms with Crippen molar-refractivity contribution in [2.45, 2.75) is 13.5 Å². The van der Waals surface area contributed by atoms with Crippen LogP contribution in [-0.2, 0) is 6.54 Å². The van der Waals surface area contributed by atoms with Gasteiger partial charge in [-0.05, 0) is 55.0 Å². The van der Waals surface area contributed by atoms with E-state index in [1.54, 1.807) is 12.1 Å².